The molecular formula is C16H25N3O3S. The molecule has 0 aliphatic carbocycles. The third-order valence-corrected chi connectivity index (χ3v) is 4.91. The van der Waals surface area contributed by atoms with Gasteiger partial charge >= 0.3 is 6.09 Å². The van der Waals surface area contributed by atoms with Crippen LogP contribution in [0.5, 0.6) is 0 Å². The van der Waals surface area contributed by atoms with Crippen LogP contribution in [-0.2, 0) is 15.5 Å². The maximum absolute atomic E-state index is 12.4. The first-order chi connectivity index (χ1) is 10.7. The Kier molecular flexibility index (Phi) is 5.73. The zero-order chi connectivity index (χ0) is 17.0. The number of piperidine rings is 1. The first-order valence-corrected chi connectivity index (χ1v) is 9.22. The highest BCUT2D eigenvalue weighted by Gasteiger charge is 2.29. The predicted molar refractivity (Wildman–Crippen MR) is 88.6 cm³/mol. The van der Waals surface area contributed by atoms with E-state index in [1.165, 1.54) is 0 Å². The number of ether oxygens (including phenoxy) is 1. The Bertz CT molecular complexity index is 586. The fourth-order valence-electron chi connectivity index (χ4n) is 2.52. The molecule has 0 N–H and O–H groups in total. The number of carbonyl (C=O) groups is 1. The molecule has 1 amide bonds. The van der Waals surface area contributed by atoms with Crippen LogP contribution >= 0.6 is 0 Å². The molecular weight excluding hydrogens is 314 g/mol. The molecule has 6 nitrogen and oxygen atoms in total. The molecule has 1 aromatic heterocycles. The summed E-state index contributed by atoms with van der Waals surface area (Å²) in [6.07, 6.45) is 3.19. The minimum atomic E-state index is -1.24. The highest BCUT2D eigenvalue weighted by molar-refractivity contribution is 7.84. The molecule has 0 radical (unpaired) electrons. The molecule has 2 atom stereocenters. The van der Waals surface area contributed by atoms with Crippen LogP contribution in [-0.4, -0.2) is 49.6 Å². The van der Waals surface area contributed by atoms with Gasteiger partial charge in [-0.1, -0.05) is 0 Å². The Morgan fingerprint density at radius 3 is 2.87 bits per heavy atom. The molecule has 23 heavy (non-hydrogen) atoms. The van der Waals surface area contributed by atoms with E-state index in [-0.39, 0.29) is 12.0 Å². The smallest absolute Gasteiger partial charge is 0.410 e. The number of amides is 1. The van der Waals surface area contributed by atoms with E-state index >= 15 is 0 Å². The second-order valence-corrected chi connectivity index (χ2v) is 8.32. The topological polar surface area (TPSA) is 72.4 Å². The van der Waals surface area contributed by atoms with Gasteiger partial charge in [-0.25, -0.2) is 14.8 Å². The van der Waals surface area contributed by atoms with E-state index in [4.69, 9.17) is 4.74 Å². The summed E-state index contributed by atoms with van der Waals surface area (Å²) in [6.45, 7) is 8.70. The normalized spacial score (nSPS) is 20.2. The van der Waals surface area contributed by atoms with Crippen molar-refractivity contribution in [2.45, 2.75) is 51.3 Å². The van der Waals surface area contributed by atoms with Crippen molar-refractivity contribution in [1.82, 2.24) is 14.9 Å². The third kappa shape index (κ3) is 5.57. The second-order valence-electron chi connectivity index (χ2n) is 6.93. The standard InChI is InChI=1S/C16H25N3O3S/c1-12-7-8-17-14(18-12)23(21)11-13-6-5-9-19(10-13)15(20)22-16(2,3)4/h7-8,13H,5-6,9-11H2,1-4H3/t13-,23-/m0/s1. The van der Waals surface area contributed by atoms with Crippen molar-refractivity contribution in [2.75, 3.05) is 18.8 Å². The van der Waals surface area contributed by atoms with Gasteiger partial charge in [-0.05, 0) is 52.5 Å². The number of rotatable bonds is 3. The monoisotopic (exact) mass is 339 g/mol. The number of hydrogen-bond acceptors (Lipinski definition) is 5. The molecule has 2 rings (SSSR count). The van der Waals surface area contributed by atoms with Crippen molar-refractivity contribution in [2.24, 2.45) is 5.92 Å². The van der Waals surface area contributed by atoms with Crippen LogP contribution < -0.4 is 0 Å². The molecule has 0 bridgehead atoms. The summed E-state index contributed by atoms with van der Waals surface area (Å²) in [6, 6.07) is 1.78. The van der Waals surface area contributed by atoms with Gasteiger partial charge in [0.25, 0.3) is 0 Å². The quantitative estimate of drug-likeness (QED) is 0.791. The number of carbonyl (C=O) groups excluding carboxylic acids is 1. The minimum Gasteiger partial charge on any atom is -0.444 e. The lowest BCUT2D eigenvalue weighted by atomic mass is 10.0. The van der Waals surface area contributed by atoms with Gasteiger partial charge in [-0.2, -0.15) is 0 Å². The Morgan fingerprint density at radius 2 is 2.22 bits per heavy atom. The third-order valence-electron chi connectivity index (χ3n) is 3.53. The number of aromatic nitrogens is 2. The molecule has 2 heterocycles. The molecule has 1 saturated heterocycles. The maximum atomic E-state index is 12.4. The van der Waals surface area contributed by atoms with Crippen LogP contribution in [0.15, 0.2) is 17.4 Å². The Labute approximate surface area is 140 Å². The fraction of sp³-hybridized carbons (Fsp3) is 0.688. The molecule has 7 heteroatoms. The first-order valence-electron chi connectivity index (χ1n) is 7.90. The number of likely N-dealkylation sites (tertiary alicyclic amines) is 1. The van der Waals surface area contributed by atoms with Gasteiger partial charge in [0.1, 0.15) is 5.60 Å². The predicted octanol–water partition coefficient (Wildman–Crippen LogP) is 2.54. The van der Waals surface area contributed by atoms with Crippen molar-refractivity contribution < 1.29 is 13.7 Å². The second kappa shape index (κ2) is 7.38. The van der Waals surface area contributed by atoms with E-state index in [1.807, 2.05) is 27.7 Å². The average Bonchev–Trinajstić information content (AvgIpc) is 2.45. The van der Waals surface area contributed by atoms with Crippen molar-refractivity contribution in [3.63, 3.8) is 0 Å². The molecule has 1 aromatic rings. The van der Waals surface area contributed by atoms with Crippen molar-refractivity contribution in [1.29, 1.82) is 0 Å². The highest BCUT2D eigenvalue weighted by Crippen LogP contribution is 2.21. The van der Waals surface area contributed by atoms with Crippen LogP contribution in [0.1, 0.15) is 39.3 Å². The Balaban J connectivity index is 1.93. The molecule has 1 aliphatic heterocycles. The van der Waals surface area contributed by atoms with Gasteiger partial charge in [0, 0.05) is 30.7 Å². The zero-order valence-electron chi connectivity index (χ0n) is 14.2. The first kappa shape index (κ1) is 17.8. The van der Waals surface area contributed by atoms with E-state index in [2.05, 4.69) is 9.97 Å². The van der Waals surface area contributed by atoms with E-state index < -0.39 is 16.4 Å². The van der Waals surface area contributed by atoms with Gasteiger partial charge in [0.05, 0.1) is 10.8 Å². The zero-order valence-corrected chi connectivity index (χ0v) is 15.1. The summed E-state index contributed by atoms with van der Waals surface area (Å²) in [5, 5.41) is 0.374. The summed E-state index contributed by atoms with van der Waals surface area (Å²) in [5.74, 6) is 0.657. The molecule has 0 saturated carbocycles. The lowest BCUT2D eigenvalue weighted by Gasteiger charge is -2.33. The number of nitrogens with zero attached hydrogens (tertiary/aromatic N) is 3. The molecule has 1 fully saturated rings. The van der Waals surface area contributed by atoms with E-state index in [9.17, 15) is 9.00 Å². The summed E-state index contributed by atoms with van der Waals surface area (Å²) >= 11 is 0. The fourth-order valence-corrected chi connectivity index (χ4v) is 3.79. The molecule has 0 spiro atoms. The molecule has 0 unspecified atom stereocenters. The van der Waals surface area contributed by atoms with E-state index in [0.29, 0.717) is 24.0 Å². The molecule has 0 aromatic carbocycles. The molecule has 128 valence electrons. The van der Waals surface area contributed by atoms with Crippen molar-refractivity contribution in [3.8, 4) is 0 Å². The van der Waals surface area contributed by atoms with Gasteiger partial charge in [0.2, 0.25) is 5.16 Å². The van der Waals surface area contributed by atoms with Crippen molar-refractivity contribution >= 4 is 16.9 Å². The number of hydrogen-bond donors (Lipinski definition) is 0. The average molecular weight is 339 g/mol. The highest BCUT2D eigenvalue weighted by atomic mass is 32.2. The largest absolute Gasteiger partial charge is 0.444 e. The van der Waals surface area contributed by atoms with E-state index in [0.717, 1.165) is 18.5 Å². The van der Waals surface area contributed by atoms with Crippen LogP contribution in [0.4, 0.5) is 4.79 Å². The van der Waals surface area contributed by atoms with E-state index in [1.54, 1.807) is 17.2 Å². The lowest BCUT2D eigenvalue weighted by molar-refractivity contribution is 0.0176. The Morgan fingerprint density at radius 1 is 1.48 bits per heavy atom. The Hall–Kier alpha value is -1.50. The van der Waals surface area contributed by atoms with Crippen LogP contribution in [0.3, 0.4) is 0 Å². The maximum Gasteiger partial charge on any atom is 0.410 e. The van der Waals surface area contributed by atoms with Gasteiger partial charge in [0.15, 0.2) is 0 Å². The van der Waals surface area contributed by atoms with Crippen LogP contribution in [0.2, 0.25) is 0 Å². The SMILES string of the molecule is Cc1ccnc([S@@](=O)C[C@H]2CCCN(C(=O)OC(C)(C)C)C2)n1. The van der Waals surface area contributed by atoms with Gasteiger partial charge in [-0.15, -0.1) is 0 Å². The summed E-state index contributed by atoms with van der Waals surface area (Å²) in [5.41, 5.74) is 0.310. The number of aryl methyl sites for hydroxylation is 1. The minimum absolute atomic E-state index is 0.182. The summed E-state index contributed by atoms with van der Waals surface area (Å²) < 4.78 is 17.8. The van der Waals surface area contributed by atoms with Gasteiger partial charge in [-0.3, -0.25) is 4.21 Å². The van der Waals surface area contributed by atoms with Crippen LogP contribution in [0.25, 0.3) is 0 Å². The van der Waals surface area contributed by atoms with Gasteiger partial charge < -0.3 is 9.64 Å². The van der Waals surface area contributed by atoms with Crippen molar-refractivity contribution in [3.05, 3.63) is 18.0 Å². The molecule has 1 aliphatic rings. The summed E-state index contributed by atoms with van der Waals surface area (Å²) in [4.78, 5) is 22.2. The lowest BCUT2D eigenvalue weighted by Crippen LogP contribution is -2.44. The van der Waals surface area contributed by atoms with Crippen LogP contribution in [0, 0.1) is 12.8 Å². The summed E-state index contributed by atoms with van der Waals surface area (Å²) in [7, 11) is -1.24.